The quantitative estimate of drug-likeness (QED) is 0.801. The van der Waals surface area contributed by atoms with Crippen LogP contribution in [0.4, 0.5) is 0 Å². The summed E-state index contributed by atoms with van der Waals surface area (Å²) in [5.74, 6) is -0.310. The summed E-state index contributed by atoms with van der Waals surface area (Å²) in [6.45, 7) is 2.57. The van der Waals surface area contributed by atoms with Gasteiger partial charge >= 0.3 is 0 Å². The Balaban J connectivity index is 2.04. The highest BCUT2D eigenvalue weighted by atomic mass is 16.5. The molecule has 1 aromatic carbocycles. The zero-order valence-corrected chi connectivity index (χ0v) is 9.13. The Kier molecular flexibility index (Phi) is 3.54. The maximum atomic E-state index is 11.3. The van der Waals surface area contributed by atoms with Crippen LogP contribution in [0.25, 0.3) is 0 Å². The molecule has 4 heteroatoms. The minimum absolute atomic E-state index is 0.297. The van der Waals surface area contributed by atoms with Crippen molar-refractivity contribution in [2.75, 3.05) is 19.8 Å². The molecule has 0 radical (unpaired) electrons. The molecule has 4 nitrogen and oxygen atoms in total. The number of hydrogen-bond acceptors (Lipinski definition) is 3. The molecular weight excluding hydrogens is 204 g/mol. The van der Waals surface area contributed by atoms with Gasteiger partial charge in [-0.05, 0) is 5.56 Å². The second-order valence-corrected chi connectivity index (χ2v) is 3.95. The third-order valence-corrected chi connectivity index (χ3v) is 2.80. The van der Waals surface area contributed by atoms with Crippen LogP contribution >= 0.6 is 0 Å². The molecule has 0 spiro atoms. The predicted octanol–water partition coefficient (Wildman–Crippen LogP) is 0.373. The number of hydrogen-bond donors (Lipinski definition) is 1. The van der Waals surface area contributed by atoms with E-state index < -0.39 is 0 Å². The summed E-state index contributed by atoms with van der Waals surface area (Å²) in [5, 5.41) is 0. The lowest BCUT2D eigenvalue weighted by Crippen LogP contribution is -2.51. The van der Waals surface area contributed by atoms with E-state index in [1.54, 1.807) is 0 Å². The van der Waals surface area contributed by atoms with Gasteiger partial charge in [0, 0.05) is 13.1 Å². The van der Waals surface area contributed by atoms with Gasteiger partial charge in [-0.3, -0.25) is 9.69 Å². The number of benzene rings is 1. The molecule has 1 atom stereocenters. The molecule has 2 rings (SSSR count). The molecule has 1 amide bonds. The molecule has 1 aliphatic rings. The van der Waals surface area contributed by atoms with Crippen molar-refractivity contribution in [1.82, 2.24) is 4.90 Å². The second kappa shape index (κ2) is 5.09. The highest BCUT2D eigenvalue weighted by molar-refractivity contribution is 5.80. The monoisotopic (exact) mass is 220 g/mol. The van der Waals surface area contributed by atoms with E-state index in [1.807, 2.05) is 30.3 Å². The van der Waals surface area contributed by atoms with Crippen molar-refractivity contribution in [3.8, 4) is 0 Å². The largest absolute Gasteiger partial charge is 0.378 e. The van der Waals surface area contributed by atoms with Crippen LogP contribution < -0.4 is 5.73 Å². The Labute approximate surface area is 95.0 Å². The average molecular weight is 220 g/mol. The summed E-state index contributed by atoms with van der Waals surface area (Å²) in [6.07, 6.45) is 0. The van der Waals surface area contributed by atoms with Crippen LogP contribution in [-0.2, 0) is 16.1 Å². The van der Waals surface area contributed by atoms with Crippen molar-refractivity contribution in [3.05, 3.63) is 35.9 Å². The highest BCUT2D eigenvalue weighted by Crippen LogP contribution is 2.11. The van der Waals surface area contributed by atoms with Crippen LogP contribution in [-0.4, -0.2) is 36.6 Å². The zero-order chi connectivity index (χ0) is 11.4. The van der Waals surface area contributed by atoms with E-state index in [1.165, 1.54) is 5.56 Å². The minimum atomic E-state index is -0.310. The molecule has 1 aliphatic heterocycles. The molecule has 1 fully saturated rings. The Morgan fingerprint density at radius 3 is 2.88 bits per heavy atom. The van der Waals surface area contributed by atoms with Crippen LogP contribution in [0.3, 0.4) is 0 Å². The SMILES string of the molecule is NC(=O)C1COCCN1Cc1ccccc1. The van der Waals surface area contributed by atoms with Gasteiger partial charge in [0.05, 0.1) is 13.2 Å². The number of nitrogens with zero attached hydrogens (tertiary/aromatic N) is 1. The summed E-state index contributed by atoms with van der Waals surface area (Å²) in [6, 6.07) is 9.77. The molecule has 0 aromatic heterocycles. The maximum Gasteiger partial charge on any atom is 0.237 e. The fourth-order valence-electron chi connectivity index (χ4n) is 1.91. The van der Waals surface area contributed by atoms with E-state index in [0.717, 1.165) is 13.1 Å². The number of carbonyl (C=O) groups is 1. The van der Waals surface area contributed by atoms with Gasteiger partial charge in [-0.2, -0.15) is 0 Å². The molecule has 2 N–H and O–H groups in total. The fourth-order valence-corrected chi connectivity index (χ4v) is 1.91. The second-order valence-electron chi connectivity index (χ2n) is 3.95. The number of ether oxygens (including phenoxy) is 1. The molecule has 0 bridgehead atoms. The lowest BCUT2D eigenvalue weighted by molar-refractivity contribution is -0.129. The first kappa shape index (κ1) is 11.1. The van der Waals surface area contributed by atoms with Crippen molar-refractivity contribution in [2.45, 2.75) is 12.6 Å². The predicted molar refractivity (Wildman–Crippen MR) is 60.7 cm³/mol. The molecule has 0 aliphatic carbocycles. The minimum Gasteiger partial charge on any atom is -0.378 e. The van der Waals surface area contributed by atoms with Crippen molar-refractivity contribution in [1.29, 1.82) is 0 Å². The topological polar surface area (TPSA) is 55.6 Å². The summed E-state index contributed by atoms with van der Waals surface area (Å²) in [7, 11) is 0. The summed E-state index contributed by atoms with van der Waals surface area (Å²) >= 11 is 0. The Hall–Kier alpha value is -1.39. The Morgan fingerprint density at radius 2 is 2.19 bits per heavy atom. The summed E-state index contributed by atoms with van der Waals surface area (Å²) in [4.78, 5) is 13.3. The van der Waals surface area contributed by atoms with E-state index in [-0.39, 0.29) is 11.9 Å². The number of carbonyl (C=O) groups excluding carboxylic acids is 1. The normalized spacial score (nSPS) is 21.9. The van der Waals surface area contributed by atoms with E-state index in [4.69, 9.17) is 10.5 Å². The van der Waals surface area contributed by atoms with Crippen LogP contribution in [0.2, 0.25) is 0 Å². The number of amides is 1. The molecule has 1 unspecified atom stereocenters. The van der Waals surface area contributed by atoms with Gasteiger partial charge in [-0.25, -0.2) is 0 Å². The lowest BCUT2D eigenvalue weighted by Gasteiger charge is -2.33. The molecule has 1 aromatic rings. The van der Waals surface area contributed by atoms with Crippen LogP contribution in [0.5, 0.6) is 0 Å². The van der Waals surface area contributed by atoms with E-state index in [2.05, 4.69) is 4.90 Å². The number of primary amides is 1. The van der Waals surface area contributed by atoms with Crippen molar-refractivity contribution in [3.63, 3.8) is 0 Å². The van der Waals surface area contributed by atoms with Gasteiger partial charge in [0.25, 0.3) is 0 Å². The summed E-state index contributed by atoms with van der Waals surface area (Å²) in [5.41, 5.74) is 6.54. The highest BCUT2D eigenvalue weighted by Gasteiger charge is 2.27. The fraction of sp³-hybridized carbons (Fsp3) is 0.417. The van der Waals surface area contributed by atoms with Gasteiger partial charge in [0.15, 0.2) is 0 Å². The van der Waals surface area contributed by atoms with Crippen LogP contribution in [0.15, 0.2) is 30.3 Å². The first-order chi connectivity index (χ1) is 7.77. The molecule has 1 saturated heterocycles. The van der Waals surface area contributed by atoms with Gasteiger partial charge in [-0.1, -0.05) is 30.3 Å². The van der Waals surface area contributed by atoms with Gasteiger partial charge in [0.1, 0.15) is 6.04 Å². The molecular formula is C12H16N2O2. The average Bonchev–Trinajstić information content (AvgIpc) is 2.31. The van der Waals surface area contributed by atoms with Crippen LogP contribution in [0.1, 0.15) is 5.56 Å². The lowest BCUT2D eigenvalue weighted by atomic mass is 10.1. The molecule has 16 heavy (non-hydrogen) atoms. The Morgan fingerprint density at radius 1 is 1.44 bits per heavy atom. The van der Waals surface area contributed by atoms with E-state index >= 15 is 0 Å². The van der Waals surface area contributed by atoms with Crippen molar-refractivity contribution >= 4 is 5.91 Å². The third kappa shape index (κ3) is 2.59. The number of rotatable bonds is 3. The van der Waals surface area contributed by atoms with E-state index in [0.29, 0.717) is 13.2 Å². The van der Waals surface area contributed by atoms with E-state index in [9.17, 15) is 4.79 Å². The van der Waals surface area contributed by atoms with Gasteiger partial charge in [-0.15, -0.1) is 0 Å². The number of morpholine rings is 1. The molecule has 86 valence electrons. The van der Waals surface area contributed by atoms with Gasteiger partial charge in [0.2, 0.25) is 5.91 Å². The smallest absolute Gasteiger partial charge is 0.237 e. The zero-order valence-electron chi connectivity index (χ0n) is 9.13. The summed E-state index contributed by atoms with van der Waals surface area (Å²) < 4.78 is 5.27. The van der Waals surface area contributed by atoms with Crippen molar-refractivity contribution < 1.29 is 9.53 Å². The standard InChI is InChI=1S/C12H16N2O2/c13-12(15)11-9-16-7-6-14(11)8-10-4-2-1-3-5-10/h1-5,11H,6-9H2,(H2,13,15). The van der Waals surface area contributed by atoms with Crippen LogP contribution in [0, 0.1) is 0 Å². The molecule has 0 saturated carbocycles. The Bertz CT molecular complexity index is 353. The third-order valence-electron chi connectivity index (χ3n) is 2.80. The van der Waals surface area contributed by atoms with Gasteiger partial charge < -0.3 is 10.5 Å². The number of nitrogens with two attached hydrogens (primary N) is 1. The van der Waals surface area contributed by atoms with Crippen molar-refractivity contribution in [2.24, 2.45) is 5.73 Å². The molecule has 1 heterocycles. The first-order valence-corrected chi connectivity index (χ1v) is 5.42. The first-order valence-electron chi connectivity index (χ1n) is 5.42. The maximum absolute atomic E-state index is 11.3.